The Balaban J connectivity index is 2.45. The highest BCUT2D eigenvalue weighted by Crippen LogP contribution is 2.28. The summed E-state index contributed by atoms with van der Waals surface area (Å²) in [6, 6.07) is 11.3. The molecule has 0 bridgehead atoms. The Morgan fingerprint density at radius 1 is 1.12 bits per heavy atom. The molecule has 0 fully saturated rings. The normalized spacial score (nSPS) is 10.3. The number of alkyl halides is 1. The van der Waals surface area contributed by atoms with Gasteiger partial charge >= 0.3 is 5.97 Å². The molecular weight excluding hydrogens is 330 g/mol. The minimum atomic E-state index is -1.14. The van der Waals surface area contributed by atoms with Gasteiger partial charge in [-0.2, -0.15) is 0 Å². The lowest BCUT2D eigenvalue weighted by atomic mass is 9.97. The number of ether oxygens (including phenoxy) is 1. The van der Waals surface area contributed by atoms with Crippen molar-refractivity contribution < 1.29 is 19.4 Å². The highest BCUT2D eigenvalue weighted by molar-refractivity contribution is 6.18. The fraction of sp³-hybridized carbons (Fsp3) is 0.222. The van der Waals surface area contributed by atoms with Crippen LogP contribution in [-0.2, 0) is 0 Å². The largest absolute Gasteiger partial charge is 0.496 e. The van der Waals surface area contributed by atoms with E-state index < -0.39 is 11.8 Å². The van der Waals surface area contributed by atoms with E-state index in [0.29, 0.717) is 23.7 Å². The lowest BCUT2D eigenvalue weighted by Crippen LogP contribution is -2.19. The van der Waals surface area contributed by atoms with Gasteiger partial charge in [0.1, 0.15) is 5.75 Å². The van der Waals surface area contributed by atoms with Gasteiger partial charge in [0.25, 0.3) is 0 Å². The second kappa shape index (κ2) is 7.84. The van der Waals surface area contributed by atoms with Gasteiger partial charge in [-0.05, 0) is 18.2 Å². The van der Waals surface area contributed by atoms with Gasteiger partial charge in [-0.25, -0.2) is 4.79 Å². The van der Waals surface area contributed by atoms with Crippen LogP contribution in [0.1, 0.15) is 26.3 Å². The zero-order valence-corrected chi connectivity index (χ0v) is 14.2. The standard InChI is InChI=1S/C18H18ClNO4/c1-20(10-9-19)12-7-8-15(16(11-12)24-2)17(21)13-5-3-4-6-14(13)18(22)23/h3-8,11H,9-10H2,1-2H3,(H,22,23). The summed E-state index contributed by atoms with van der Waals surface area (Å²) in [7, 11) is 3.36. The second-order valence-electron chi connectivity index (χ2n) is 5.17. The van der Waals surface area contributed by atoms with Crippen LogP contribution < -0.4 is 9.64 Å². The van der Waals surface area contributed by atoms with E-state index in [1.165, 1.54) is 19.2 Å². The Morgan fingerprint density at radius 2 is 1.79 bits per heavy atom. The molecule has 0 radical (unpaired) electrons. The van der Waals surface area contributed by atoms with Crippen LogP contribution in [0, 0.1) is 0 Å². The summed E-state index contributed by atoms with van der Waals surface area (Å²) in [5.74, 6) is -0.669. The lowest BCUT2D eigenvalue weighted by molar-refractivity contribution is 0.0692. The van der Waals surface area contributed by atoms with Gasteiger partial charge in [-0.1, -0.05) is 18.2 Å². The van der Waals surface area contributed by atoms with Crippen LogP contribution in [0.15, 0.2) is 42.5 Å². The Labute approximate surface area is 145 Å². The number of carbonyl (C=O) groups excluding carboxylic acids is 1. The maximum absolute atomic E-state index is 12.8. The van der Waals surface area contributed by atoms with Crippen molar-refractivity contribution in [3.63, 3.8) is 0 Å². The molecule has 24 heavy (non-hydrogen) atoms. The Hall–Kier alpha value is -2.53. The van der Waals surface area contributed by atoms with E-state index in [9.17, 15) is 14.7 Å². The van der Waals surface area contributed by atoms with E-state index in [1.807, 2.05) is 11.9 Å². The fourth-order valence-electron chi connectivity index (χ4n) is 2.37. The number of carboxylic acids is 1. The molecule has 0 saturated heterocycles. The van der Waals surface area contributed by atoms with E-state index >= 15 is 0 Å². The summed E-state index contributed by atoms with van der Waals surface area (Å²) in [6.45, 7) is 0.653. The summed E-state index contributed by atoms with van der Waals surface area (Å²) in [5.41, 5.74) is 1.27. The highest BCUT2D eigenvalue weighted by atomic mass is 35.5. The number of methoxy groups -OCH3 is 1. The number of carboxylic acid groups (broad SMARTS) is 1. The summed E-state index contributed by atoms with van der Waals surface area (Å²) < 4.78 is 5.33. The first-order chi connectivity index (χ1) is 11.5. The Morgan fingerprint density at radius 3 is 2.38 bits per heavy atom. The second-order valence-corrected chi connectivity index (χ2v) is 5.55. The van der Waals surface area contributed by atoms with Crippen molar-refractivity contribution in [2.24, 2.45) is 0 Å². The van der Waals surface area contributed by atoms with Gasteiger partial charge in [-0.3, -0.25) is 4.79 Å². The molecule has 0 aliphatic carbocycles. The molecule has 1 N–H and O–H groups in total. The first kappa shape index (κ1) is 17.8. The van der Waals surface area contributed by atoms with Crippen LogP contribution in [0.5, 0.6) is 5.75 Å². The number of aromatic carboxylic acids is 1. The van der Waals surface area contributed by atoms with Crippen LogP contribution >= 0.6 is 11.6 Å². The molecule has 0 unspecified atom stereocenters. The number of nitrogens with zero attached hydrogens (tertiary/aromatic N) is 1. The number of anilines is 1. The highest BCUT2D eigenvalue weighted by Gasteiger charge is 2.21. The van der Waals surface area contributed by atoms with E-state index in [-0.39, 0.29) is 11.1 Å². The molecule has 6 heteroatoms. The zero-order valence-electron chi connectivity index (χ0n) is 13.5. The van der Waals surface area contributed by atoms with Crippen molar-refractivity contribution in [2.45, 2.75) is 0 Å². The van der Waals surface area contributed by atoms with Gasteiger partial charge in [0.2, 0.25) is 0 Å². The minimum absolute atomic E-state index is 0.0344. The molecule has 2 aromatic carbocycles. The molecule has 2 rings (SSSR count). The van der Waals surface area contributed by atoms with Gasteiger partial charge < -0.3 is 14.7 Å². The molecule has 0 aliphatic rings. The zero-order chi connectivity index (χ0) is 17.7. The maximum atomic E-state index is 12.8. The van der Waals surface area contributed by atoms with Gasteiger partial charge in [0.05, 0.1) is 18.2 Å². The number of ketones is 1. The molecule has 2 aromatic rings. The number of rotatable bonds is 7. The summed E-state index contributed by atoms with van der Waals surface area (Å²) >= 11 is 5.75. The third-order valence-corrected chi connectivity index (χ3v) is 3.86. The first-order valence-corrected chi connectivity index (χ1v) is 7.85. The van der Waals surface area contributed by atoms with Gasteiger partial charge in [0.15, 0.2) is 5.78 Å². The Bertz CT molecular complexity index is 760. The van der Waals surface area contributed by atoms with Crippen LogP contribution in [0.4, 0.5) is 5.69 Å². The van der Waals surface area contributed by atoms with Crippen molar-refractivity contribution in [3.8, 4) is 5.75 Å². The monoisotopic (exact) mass is 347 g/mol. The molecule has 0 aliphatic heterocycles. The summed E-state index contributed by atoms with van der Waals surface area (Å²) in [6.07, 6.45) is 0. The van der Waals surface area contributed by atoms with E-state index in [0.717, 1.165) is 5.69 Å². The maximum Gasteiger partial charge on any atom is 0.336 e. The fourth-order valence-corrected chi connectivity index (χ4v) is 2.63. The number of benzene rings is 2. The SMILES string of the molecule is COc1cc(N(C)CCCl)ccc1C(=O)c1ccccc1C(=O)O. The molecule has 0 spiro atoms. The number of carbonyl (C=O) groups is 2. The smallest absolute Gasteiger partial charge is 0.336 e. The predicted molar refractivity (Wildman–Crippen MR) is 93.8 cm³/mol. The molecular formula is C18H18ClNO4. The average molecular weight is 348 g/mol. The minimum Gasteiger partial charge on any atom is -0.496 e. The molecule has 0 aromatic heterocycles. The topological polar surface area (TPSA) is 66.8 Å². The molecule has 126 valence electrons. The number of halogens is 1. The third kappa shape index (κ3) is 3.68. The van der Waals surface area contributed by atoms with Crippen LogP contribution in [-0.4, -0.2) is 43.4 Å². The van der Waals surface area contributed by atoms with Crippen molar-refractivity contribution >= 4 is 29.0 Å². The lowest BCUT2D eigenvalue weighted by Gasteiger charge is -2.19. The van der Waals surface area contributed by atoms with E-state index in [1.54, 1.807) is 30.3 Å². The molecule has 0 amide bonds. The van der Waals surface area contributed by atoms with Crippen molar-refractivity contribution in [3.05, 3.63) is 59.2 Å². The summed E-state index contributed by atoms with van der Waals surface area (Å²) in [5, 5.41) is 9.26. The van der Waals surface area contributed by atoms with Gasteiger partial charge in [0, 0.05) is 36.8 Å². The molecule has 5 nitrogen and oxygen atoms in total. The molecule has 0 saturated carbocycles. The molecule has 0 atom stereocenters. The average Bonchev–Trinajstić information content (AvgIpc) is 2.60. The van der Waals surface area contributed by atoms with E-state index in [4.69, 9.17) is 16.3 Å². The van der Waals surface area contributed by atoms with E-state index in [2.05, 4.69) is 0 Å². The van der Waals surface area contributed by atoms with Crippen molar-refractivity contribution in [1.29, 1.82) is 0 Å². The third-order valence-electron chi connectivity index (χ3n) is 3.69. The Kier molecular flexibility index (Phi) is 5.82. The molecule has 0 heterocycles. The van der Waals surface area contributed by atoms with Crippen LogP contribution in [0.3, 0.4) is 0 Å². The van der Waals surface area contributed by atoms with Crippen LogP contribution in [0.25, 0.3) is 0 Å². The summed E-state index contributed by atoms with van der Waals surface area (Å²) in [4.78, 5) is 26.0. The van der Waals surface area contributed by atoms with Gasteiger partial charge in [-0.15, -0.1) is 11.6 Å². The number of hydrogen-bond donors (Lipinski definition) is 1. The first-order valence-electron chi connectivity index (χ1n) is 7.31. The van der Waals surface area contributed by atoms with Crippen LogP contribution in [0.2, 0.25) is 0 Å². The van der Waals surface area contributed by atoms with Crippen molar-refractivity contribution in [1.82, 2.24) is 0 Å². The van der Waals surface area contributed by atoms with Crippen molar-refractivity contribution in [2.75, 3.05) is 31.5 Å². The quantitative estimate of drug-likeness (QED) is 0.615. The predicted octanol–water partition coefficient (Wildman–Crippen LogP) is 3.30. The number of hydrogen-bond acceptors (Lipinski definition) is 4.